The van der Waals surface area contributed by atoms with E-state index in [1.54, 1.807) is 6.07 Å². The summed E-state index contributed by atoms with van der Waals surface area (Å²) in [6, 6.07) is 4.88. The molecule has 0 saturated carbocycles. The lowest BCUT2D eigenvalue weighted by molar-refractivity contribution is -0.137. The van der Waals surface area contributed by atoms with Crippen LogP contribution in [0.3, 0.4) is 0 Å². The van der Waals surface area contributed by atoms with Crippen LogP contribution in [-0.4, -0.2) is 5.88 Å². The summed E-state index contributed by atoms with van der Waals surface area (Å²) in [5, 5.41) is 8.52. The molecule has 0 unspecified atom stereocenters. The largest absolute Gasteiger partial charge is 0.417 e. The van der Waals surface area contributed by atoms with Gasteiger partial charge >= 0.3 is 6.18 Å². The highest BCUT2D eigenvalue weighted by Gasteiger charge is 2.33. The van der Waals surface area contributed by atoms with Crippen molar-refractivity contribution in [3.8, 4) is 17.9 Å². The van der Waals surface area contributed by atoms with E-state index in [0.29, 0.717) is 0 Å². The van der Waals surface area contributed by atoms with Crippen molar-refractivity contribution in [1.29, 1.82) is 5.26 Å². The molecule has 0 N–H and O–H groups in total. The molecule has 1 aromatic carbocycles. The fourth-order valence-corrected chi connectivity index (χ4v) is 1.15. The van der Waals surface area contributed by atoms with Crippen LogP contribution in [0.5, 0.6) is 0 Å². The molecule has 0 aliphatic heterocycles. The summed E-state index contributed by atoms with van der Waals surface area (Å²) in [4.78, 5) is 0. The van der Waals surface area contributed by atoms with E-state index in [4.69, 9.17) is 16.9 Å². The number of alkyl halides is 4. The molecule has 0 bridgehead atoms. The Balaban J connectivity index is 3.35. The van der Waals surface area contributed by atoms with Gasteiger partial charge in [0.2, 0.25) is 0 Å². The van der Waals surface area contributed by atoms with E-state index in [1.807, 2.05) is 0 Å². The predicted octanol–water partition coefficient (Wildman–Crippen LogP) is 3.17. The van der Waals surface area contributed by atoms with Gasteiger partial charge in [-0.05, 0) is 18.2 Å². The molecular weight excluding hydrogens is 239 g/mol. The Labute approximate surface area is 95.4 Å². The summed E-state index contributed by atoms with van der Waals surface area (Å²) in [6.07, 6.45) is -4.52. The SMILES string of the molecule is N#Cc1ccc(C#CCCl)c(C(F)(F)F)c1. The second-order valence-electron chi connectivity index (χ2n) is 2.81. The normalized spacial score (nSPS) is 10.2. The van der Waals surface area contributed by atoms with E-state index >= 15 is 0 Å². The standard InChI is InChI=1S/C11H5ClF3N/c12-5-1-2-9-4-3-8(7-16)6-10(9)11(13,14)15/h3-4,6H,5H2. The van der Waals surface area contributed by atoms with Gasteiger partial charge in [0.15, 0.2) is 0 Å². The van der Waals surface area contributed by atoms with Gasteiger partial charge in [-0.3, -0.25) is 0 Å². The van der Waals surface area contributed by atoms with Crippen LogP contribution in [0.2, 0.25) is 0 Å². The highest BCUT2D eigenvalue weighted by molar-refractivity contribution is 6.19. The average molecular weight is 244 g/mol. The Morgan fingerprint density at radius 1 is 1.31 bits per heavy atom. The van der Waals surface area contributed by atoms with Crippen LogP contribution < -0.4 is 0 Å². The zero-order chi connectivity index (χ0) is 12.2. The molecule has 1 rings (SSSR count). The van der Waals surface area contributed by atoms with Crippen LogP contribution in [0.15, 0.2) is 18.2 Å². The zero-order valence-corrected chi connectivity index (χ0v) is 8.65. The van der Waals surface area contributed by atoms with Crippen LogP contribution in [0, 0.1) is 23.2 Å². The van der Waals surface area contributed by atoms with Crippen molar-refractivity contribution in [1.82, 2.24) is 0 Å². The van der Waals surface area contributed by atoms with Crippen molar-refractivity contribution in [2.24, 2.45) is 0 Å². The Morgan fingerprint density at radius 2 is 2.00 bits per heavy atom. The van der Waals surface area contributed by atoms with E-state index < -0.39 is 11.7 Å². The summed E-state index contributed by atoms with van der Waals surface area (Å²) in [5.74, 6) is 4.61. The summed E-state index contributed by atoms with van der Waals surface area (Å²) in [6.45, 7) is 0. The molecule has 0 atom stereocenters. The van der Waals surface area contributed by atoms with E-state index in [0.717, 1.165) is 6.07 Å². The van der Waals surface area contributed by atoms with Crippen LogP contribution in [0.1, 0.15) is 16.7 Å². The zero-order valence-electron chi connectivity index (χ0n) is 7.90. The molecule has 0 heterocycles. The number of nitriles is 1. The van der Waals surface area contributed by atoms with Crippen LogP contribution in [0.4, 0.5) is 13.2 Å². The van der Waals surface area contributed by atoms with Gasteiger partial charge in [-0.1, -0.05) is 11.8 Å². The van der Waals surface area contributed by atoms with Gasteiger partial charge in [0, 0.05) is 5.56 Å². The van der Waals surface area contributed by atoms with Crippen molar-refractivity contribution < 1.29 is 13.2 Å². The maximum atomic E-state index is 12.6. The molecule has 0 spiro atoms. The second kappa shape index (κ2) is 4.92. The Bertz CT molecular complexity index is 489. The third-order valence-electron chi connectivity index (χ3n) is 1.74. The van der Waals surface area contributed by atoms with Gasteiger partial charge in [-0.15, -0.1) is 11.6 Å². The minimum Gasteiger partial charge on any atom is -0.192 e. The topological polar surface area (TPSA) is 23.8 Å². The Kier molecular flexibility index (Phi) is 3.82. The maximum Gasteiger partial charge on any atom is 0.417 e. The lowest BCUT2D eigenvalue weighted by Crippen LogP contribution is -2.08. The summed E-state index contributed by atoms with van der Waals surface area (Å²) < 4.78 is 37.7. The molecule has 0 saturated heterocycles. The van der Waals surface area contributed by atoms with E-state index in [2.05, 4.69) is 11.8 Å². The number of nitrogens with zero attached hydrogens (tertiary/aromatic N) is 1. The smallest absolute Gasteiger partial charge is 0.192 e. The van der Waals surface area contributed by atoms with Gasteiger partial charge in [-0.2, -0.15) is 18.4 Å². The first-order valence-electron chi connectivity index (χ1n) is 4.15. The second-order valence-corrected chi connectivity index (χ2v) is 3.07. The van der Waals surface area contributed by atoms with Crippen molar-refractivity contribution in [3.63, 3.8) is 0 Å². The van der Waals surface area contributed by atoms with Crippen LogP contribution in [0.25, 0.3) is 0 Å². The first kappa shape index (κ1) is 12.4. The first-order valence-corrected chi connectivity index (χ1v) is 4.68. The first-order chi connectivity index (χ1) is 7.49. The average Bonchev–Trinajstić information content (AvgIpc) is 2.25. The highest BCUT2D eigenvalue weighted by atomic mass is 35.5. The van der Waals surface area contributed by atoms with Crippen LogP contribution >= 0.6 is 11.6 Å². The van der Waals surface area contributed by atoms with Gasteiger partial charge < -0.3 is 0 Å². The van der Waals surface area contributed by atoms with Crippen molar-refractivity contribution >= 4 is 11.6 Å². The van der Waals surface area contributed by atoms with Crippen molar-refractivity contribution in [3.05, 3.63) is 34.9 Å². The lowest BCUT2D eigenvalue weighted by Gasteiger charge is -2.09. The molecule has 1 nitrogen and oxygen atoms in total. The third-order valence-corrected chi connectivity index (χ3v) is 1.88. The fraction of sp³-hybridized carbons (Fsp3) is 0.182. The molecule has 5 heteroatoms. The highest BCUT2D eigenvalue weighted by Crippen LogP contribution is 2.32. The number of halogens is 4. The molecule has 16 heavy (non-hydrogen) atoms. The summed E-state index contributed by atoms with van der Waals surface area (Å²) in [5.41, 5.74) is -1.14. The molecule has 1 aromatic rings. The minimum absolute atomic E-state index is 0.0443. The Morgan fingerprint density at radius 3 is 2.50 bits per heavy atom. The molecule has 0 aliphatic carbocycles. The van der Waals surface area contributed by atoms with Gasteiger partial charge in [0.05, 0.1) is 23.1 Å². The third kappa shape index (κ3) is 2.92. The summed E-state index contributed by atoms with van der Waals surface area (Å²) in [7, 11) is 0. The summed E-state index contributed by atoms with van der Waals surface area (Å²) >= 11 is 5.27. The number of hydrogen-bond donors (Lipinski definition) is 0. The van der Waals surface area contributed by atoms with E-state index in [9.17, 15) is 13.2 Å². The van der Waals surface area contributed by atoms with E-state index in [-0.39, 0.29) is 17.0 Å². The molecular formula is C11H5ClF3N. The van der Waals surface area contributed by atoms with Gasteiger partial charge in [0.25, 0.3) is 0 Å². The lowest BCUT2D eigenvalue weighted by atomic mass is 10.0. The fourth-order valence-electron chi connectivity index (χ4n) is 1.09. The molecule has 0 amide bonds. The molecule has 0 radical (unpaired) electrons. The predicted molar refractivity (Wildman–Crippen MR) is 53.8 cm³/mol. The Hall–Kier alpha value is -1.65. The van der Waals surface area contributed by atoms with Crippen molar-refractivity contribution in [2.45, 2.75) is 6.18 Å². The quantitative estimate of drug-likeness (QED) is 0.507. The van der Waals surface area contributed by atoms with Gasteiger partial charge in [-0.25, -0.2) is 0 Å². The van der Waals surface area contributed by atoms with Gasteiger partial charge in [0.1, 0.15) is 0 Å². The number of benzene rings is 1. The van der Waals surface area contributed by atoms with E-state index in [1.165, 1.54) is 12.1 Å². The van der Waals surface area contributed by atoms with Crippen LogP contribution in [-0.2, 0) is 6.18 Å². The molecule has 0 fully saturated rings. The maximum absolute atomic E-state index is 12.6. The molecule has 0 aliphatic rings. The minimum atomic E-state index is -4.52. The molecule has 82 valence electrons. The monoisotopic (exact) mass is 243 g/mol. The molecule has 0 aromatic heterocycles. The number of rotatable bonds is 0. The van der Waals surface area contributed by atoms with Crippen molar-refractivity contribution in [2.75, 3.05) is 5.88 Å². The number of hydrogen-bond acceptors (Lipinski definition) is 1.